The van der Waals surface area contributed by atoms with Gasteiger partial charge in [0.2, 0.25) is 0 Å². The molecule has 1 nitrogen and oxygen atoms in total. The van der Waals surface area contributed by atoms with E-state index in [0.717, 1.165) is 10.9 Å². The van der Waals surface area contributed by atoms with Crippen molar-refractivity contribution in [3.8, 4) is 0 Å². The molecule has 1 aromatic carbocycles. The second kappa shape index (κ2) is 2.03. The Bertz CT molecular complexity index is 351. The standard InChI is InChI=1S/C8H5ClN/c9-7-2-1-6-3-4-10-8(6)5-7/h1,3-5,10H. The number of nitrogens with one attached hydrogen (secondary N) is 1. The third-order valence-electron chi connectivity index (χ3n) is 1.45. The predicted octanol–water partition coefficient (Wildman–Crippen LogP) is 2.62. The molecule has 0 aliphatic rings. The summed E-state index contributed by atoms with van der Waals surface area (Å²) in [5.74, 6) is 0. The van der Waals surface area contributed by atoms with Gasteiger partial charge >= 0.3 is 0 Å². The first-order valence-corrected chi connectivity index (χ1v) is 3.38. The molecule has 0 aliphatic heterocycles. The fourth-order valence-corrected chi connectivity index (χ4v) is 1.12. The molecule has 1 heterocycles. The van der Waals surface area contributed by atoms with Crippen molar-refractivity contribution in [1.82, 2.24) is 4.98 Å². The number of halogens is 1. The largest absolute Gasteiger partial charge is 0.361 e. The molecule has 1 radical (unpaired) electrons. The van der Waals surface area contributed by atoms with Crippen LogP contribution in [0.3, 0.4) is 0 Å². The summed E-state index contributed by atoms with van der Waals surface area (Å²) in [7, 11) is 0. The molecule has 0 spiro atoms. The van der Waals surface area contributed by atoms with Crippen molar-refractivity contribution in [3.63, 3.8) is 0 Å². The van der Waals surface area contributed by atoms with Gasteiger partial charge in [-0.25, -0.2) is 0 Å². The van der Waals surface area contributed by atoms with Gasteiger partial charge in [-0.3, -0.25) is 0 Å². The number of aromatic nitrogens is 1. The fraction of sp³-hybridized carbons (Fsp3) is 0. The number of fused-ring (bicyclic) bond motifs is 1. The molecule has 10 heavy (non-hydrogen) atoms. The maximum atomic E-state index is 5.70. The van der Waals surface area contributed by atoms with Crippen LogP contribution in [-0.4, -0.2) is 4.98 Å². The first-order chi connectivity index (χ1) is 4.86. The number of hydrogen-bond donors (Lipinski definition) is 1. The van der Waals surface area contributed by atoms with E-state index >= 15 is 0 Å². The Morgan fingerprint density at radius 1 is 1.50 bits per heavy atom. The summed E-state index contributed by atoms with van der Waals surface area (Å²) in [6.07, 6.45) is 1.88. The van der Waals surface area contributed by atoms with Crippen molar-refractivity contribution in [2.45, 2.75) is 0 Å². The van der Waals surface area contributed by atoms with Crippen LogP contribution < -0.4 is 0 Å². The summed E-state index contributed by atoms with van der Waals surface area (Å²) in [4.78, 5) is 3.06. The average molecular weight is 151 g/mol. The summed E-state index contributed by atoms with van der Waals surface area (Å²) in [5, 5.41) is 1.79. The second-order valence-corrected chi connectivity index (χ2v) is 2.53. The van der Waals surface area contributed by atoms with Crippen molar-refractivity contribution < 1.29 is 0 Å². The Labute approximate surface area is 63.6 Å². The van der Waals surface area contributed by atoms with E-state index in [1.807, 2.05) is 24.4 Å². The second-order valence-electron chi connectivity index (χ2n) is 2.13. The van der Waals surface area contributed by atoms with E-state index in [2.05, 4.69) is 11.1 Å². The minimum Gasteiger partial charge on any atom is -0.361 e. The van der Waals surface area contributed by atoms with Gasteiger partial charge in [0.1, 0.15) is 0 Å². The van der Waals surface area contributed by atoms with E-state index < -0.39 is 0 Å². The molecule has 2 aromatic rings. The van der Waals surface area contributed by atoms with Crippen LogP contribution in [-0.2, 0) is 0 Å². The molecule has 0 aliphatic carbocycles. The molecule has 0 unspecified atom stereocenters. The number of rotatable bonds is 0. The number of benzene rings is 1. The van der Waals surface area contributed by atoms with E-state index in [0.29, 0.717) is 5.02 Å². The molecule has 0 bridgehead atoms. The Morgan fingerprint density at radius 2 is 2.40 bits per heavy atom. The van der Waals surface area contributed by atoms with Crippen molar-refractivity contribution in [2.75, 3.05) is 0 Å². The highest BCUT2D eigenvalue weighted by Crippen LogP contribution is 2.16. The molecule has 0 fully saturated rings. The smallest absolute Gasteiger partial charge is 0.0506 e. The third kappa shape index (κ3) is 0.792. The maximum absolute atomic E-state index is 5.70. The first-order valence-electron chi connectivity index (χ1n) is 3.00. The normalized spacial score (nSPS) is 10.5. The zero-order valence-electron chi connectivity index (χ0n) is 5.19. The topological polar surface area (TPSA) is 15.8 Å². The van der Waals surface area contributed by atoms with Crippen LogP contribution in [0.4, 0.5) is 0 Å². The van der Waals surface area contributed by atoms with E-state index in [-0.39, 0.29) is 0 Å². The molecule has 0 saturated heterocycles. The fourth-order valence-electron chi connectivity index (χ4n) is 0.960. The van der Waals surface area contributed by atoms with Crippen molar-refractivity contribution in [3.05, 3.63) is 35.5 Å². The molecular weight excluding hydrogens is 146 g/mol. The van der Waals surface area contributed by atoms with E-state index in [1.54, 1.807) is 0 Å². The van der Waals surface area contributed by atoms with Gasteiger partial charge in [-0.1, -0.05) is 11.6 Å². The van der Waals surface area contributed by atoms with Gasteiger partial charge in [-0.05, 0) is 18.2 Å². The van der Waals surface area contributed by atoms with E-state index in [1.165, 1.54) is 0 Å². The van der Waals surface area contributed by atoms with Gasteiger partial charge in [0.25, 0.3) is 0 Å². The van der Waals surface area contributed by atoms with Crippen LogP contribution >= 0.6 is 11.6 Å². The molecular formula is C8H5ClN. The van der Waals surface area contributed by atoms with Crippen molar-refractivity contribution >= 4 is 22.5 Å². The Balaban J connectivity index is 2.86. The predicted molar refractivity (Wildman–Crippen MR) is 42.1 cm³/mol. The van der Waals surface area contributed by atoms with Gasteiger partial charge in [-0.2, -0.15) is 0 Å². The lowest BCUT2D eigenvalue weighted by molar-refractivity contribution is 1.48. The Morgan fingerprint density at radius 3 is 3.30 bits per heavy atom. The maximum Gasteiger partial charge on any atom is 0.0506 e. The van der Waals surface area contributed by atoms with E-state index in [9.17, 15) is 0 Å². The molecule has 2 heteroatoms. The first kappa shape index (κ1) is 5.81. The number of hydrogen-bond acceptors (Lipinski definition) is 0. The molecule has 1 N–H and O–H groups in total. The zero-order chi connectivity index (χ0) is 6.97. The number of aromatic amines is 1. The van der Waals surface area contributed by atoms with Crippen molar-refractivity contribution in [2.24, 2.45) is 0 Å². The van der Waals surface area contributed by atoms with Crippen LogP contribution in [0, 0.1) is 6.07 Å². The minimum atomic E-state index is 0.648. The molecule has 0 amide bonds. The minimum absolute atomic E-state index is 0.648. The summed E-state index contributed by atoms with van der Waals surface area (Å²) >= 11 is 5.70. The van der Waals surface area contributed by atoms with Gasteiger partial charge in [-0.15, -0.1) is 0 Å². The lowest BCUT2D eigenvalue weighted by Crippen LogP contribution is -1.66. The highest BCUT2D eigenvalue weighted by Gasteiger charge is 1.92. The van der Waals surface area contributed by atoms with Crippen LogP contribution in [0.25, 0.3) is 10.9 Å². The molecule has 2 rings (SSSR count). The highest BCUT2D eigenvalue weighted by atomic mass is 35.5. The number of H-pyrrole nitrogens is 1. The summed E-state index contributed by atoms with van der Waals surface area (Å²) in [5.41, 5.74) is 1.06. The lowest BCUT2D eigenvalue weighted by Gasteiger charge is -1.87. The lowest BCUT2D eigenvalue weighted by atomic mass is 10.2. The van der Waals surface area contributed by atoms with Crippen LogP contribution in [0.1, 0.15) is 0 Å². The van der Waals surface area contributed by atoms with Crippen LogP contribution in [0.2, 0.25) is 5.02 Å². The summed E-state index contributed by atoms with van der Waals surface area (Å²) < 4.78 is 0. The van der Waals surface area contributed by atoms with Gasteiger partial charge < -0.3 is 4.98 Å². The van der Waals surface area contributed by atoms with Crippen LogP contribution in [0.15, 0.2) is 24.4 Å². The summed E-state index contributed by atoms with van der Waals surface area (Å²) in [6.45, 7) is 0. The molecule has 0 atom stereocenters. The van der Waals surface area contributed by atoms with E-state index in [4.69, 9.17) is 11.6 Å². The summed E-state index contributed by atoms with van der Waals surface area (Å²) in [6, 6.07) is 8.62. The Hall–Kier alpha value is -0.950. The van der Waals surface area contributed by atoms with Crippen LogP contribution in [0.5, 0.6) is 0 Å². The Kier molecular flexibility index (Phi) is 1.18. The molecule has 0 saturated carbocycles. The SMILES string of the molecule is Clc1[c]cc2cc[nH]c2c1. The van der Waals surface area contributed by atoms with Gasteiger partial charge in [0.15, 0.2) is 0 Å². The van der Waals surface area contributed by atoms with Gasteiger partial charge in [0.05, 0.1) is 5.02 Å². The average Bonchev–Trinajstić information content (AvgIpc) is 2.33. The zero-order valence-corrected chi connectivity index (χ0v) is 5.94. The van der Waals surface area contributed by atoms with Crippen molar-refractivity contribution in [1.29, 1.82) is 0 Å². The highest BCUT2D eigenvalue weighted by molar-refractivity contribution is 6.31. The molecule has 49 valence electrons. The molecule has 1 aromatic heterocycles. The van der Waals surface area contributed by atoms with Gasteiger partial charge in [0, 0.05) is 23.2 Å². The quantitative estimate of drug-likeness (QED) is 0.594. The third-order valence-corrected chi connectivity index (χ3v) is 1.67. The monoisotopic (exact) mass is 150 g/mol.